The molecule has 0 atom stereocenters. The van der Waals surface area contributed by atoms with Gasteiger partial charge in [0.2, 0.25) is 5.91 Å². The van der Waals surface area contributed by atoms with Gasteiger partial charge in [0.25, 0.3) is 0 Å². The quantitative estimate of drug-likeness (QED) is 0.686. The van der Waals surface area contributed by atoms with Gasteiger partial charge in [-0.15, -0.1) is 0 Å². The lowest BCUT2D eigenvalue weighted by molar-refractivity contribution is -0.115. The Balaban J connectivity index is 2.29. The maximum atomic E-state index is 11.5. The number of ether oxygens (including phenoxy) is 1. The normalized spacial score (nSPS) is 10.8. The van der Waals surface area contributed by atoms with Crippen LogP contribution in [0.25, 0.3) is 0 Å². The molecule has 0 unspecified atom stereocenters. The SMILES string of the molecule is COCCNCC(=O)Nc1cnn(C(C)C)c1. The van der Waals surface area contributed by atoms with E-state index in [4.69, 9.17) is 4.74 Å². The second-order valence-corrected chi connectivity index (χ2v) is 4.02. The Bertz CT molecular complexity index is 349. The number of nitrogens with one attached hydrogen (secondary N) is 2. The topological polar surface area (TPSA) is 68.2 Å². The first-order valence-electron chi connectivity index (χ1n) is 5.67. The molecule has 1 aromatic heterocycles. The van der Waals surface area contributed by atoms with Crippen molar-refractivity contribution in [2.75, 3.05) is 32.1 Å². The van der Waals surface area contributed by atoms with Crippen molar-refractivity contribution in [1.82, 2.24) is 15.1 Å². The first-order chi connectivity index (χ1) is 8.13. The minimum absolute atomic E-state index is 0.0793. The van der Waals surface area contributed by atoms with Crippen molar-refractivity contribution < 1.29 is 9.53 Å². The Labute approximate surface area is 101 Å². The van der Waals surface area contributed by atoms with Gasteiger partial charge in [-0.3, -0.25) is 9.48 Å². The van der Waals surface area contributed by atoms with Crippen LogP contribution in [0.15, 0.2) is 12.4 Å². The summed E-state index contributed by atoms with van der Waals surface area (Å²) in [5.74, 6) is -0.0793. The van der Waals surface area contributed by atoms with Crippen LogP contribution in [0.3, 0.4) is 0 Å². The molecule has 0 saturated carbocycles. The van der Waals surface area contributed by atoms with Crippen molar-refractivity contribution in [3.8, 4) is 0 Å². The number of carbonyl (C=O) groups excluding carboxylic acids is 1. The minimum atomic E-state index is -0.0793. The third kappa shape index (κ3) is 4.97. The third-order valence-electron chi connectivity index (χ3n) is 2.18. The number of hydrogen-bond acceptors (Lipinski definition) is 4. The van der Waals surface area contributed by atoms with Gasteiger partial charge in [-0.2, -0.15) is 5.10 Å². The summed E-state index contributed by atoms with van der Waals surface area (Å²) < 4.78 is 6.66. The van der Waals surface area contributed by atoms with E-state index in [1.807, 2.05) is 20.0 Å². The van der Waals surface area contributed by atoms with E-state index in [-0.39, 0.29) is 12.5 Å². The van der Waals surface area contributed by atoms with E-state index in [1.165, 1.54) is 0 Å². The van der Waals surface area contributed by atoms with Crippen molar-refractivity contribution in [2.45, 2.75) is 19.9 Å². The largest absolute Gasteiger partial charge is 0.383 e. The summed E-state index contributed by atoms with van der Waals surface area (Å²) in [5.41, 5.74) is 0.720. The molecule has 0 aliphatic carbocycles. The van der Waals surface area contributed by atoms with Gasteiger partial charge >= 0.3 is 0 Å². The molecule has 0 fully saturated rings. The number of carbonyl (C=O) groups is 1. The van der Waals surface area contributed by atoms with E-state index in [0.29, 0.717) is 19.2 Å². The summed E-state index contributed by atoms with van der Waals surface area (Å²) in [6.45, 7) is 5.60. The summed E-state index contributed by atoms with van der Waals surface area (Å²) in [7, 11) is 1.63. The van der Waals surface area contributed by atoms with Crippen LogP contribution in [0, 0.1) is 0 Å². The number of amides is 1. The van der Waals surface area contributed by atoms with Gasteiger partial charge in [-0.1, -0.05) is 0 Å². The Morgan fingerprint density at radius 2 is 2.35 bits per heavy atom. The number of rotatable bonds is 7. The molecular formula is C11H20N4O2. The van der Waals surface area contributed by atoms with Crippen LogP contribution in [0.1, 0.15) is 19.9 Å². The highest BCUT2D eigenvalue weighted by molar-refractivity contribution is 5.91. The van der Waals surface area contributed by atoms with E-state index >= 15 is 0 Å². The maximum absolute atomic E-state index is 11.5. The highest BCUT2D eigenvalue weighted by atomic mass is 16.5. The number of anilines is 1. The Morgan fingerprint density at radius 3 is 2.94 bits per heavy atom. The van der Waals surface area contributed by atoms with Gasteiger partial charge in [0.15, 0.2) is 0 Å². The summed E-state index contributed by atoms with van der Waals surface area (Å²) in [6, 6.07) is 0.292. The molecule has 1 rings (SSSR count). The highest BCUT2D eigenvalue weighted by Gasteiger charge is 2.05. The second-order valence-electron chi connectivity index (χ2n) is 4.02. The third-order valence-corrected chi connectivity index (χ3v) is 2.18. The summed E-state index contributed by atoms with van der Waals surface area (Å²) in [6.07, 6.45) is 3.46. The number of nitrogens with zero attached hydrogens (tertiary/aromatic N) is 2. The molecule has 1 aromatic rings. The average Bonchev–Trinajstić information content (AvgIpc) is 2.73. The van der Waals surface area contributed by atoms with E-state index < -0.39 is 0 Å². The average molecular weight is 240 g/mol. The Kier molecular flexibility index (Phi) is 5.65. The molecule has 2 N–H and O–H groups in total. The molecule has 0 spiro atoms. The van der Waals surface area contributed by atoms with Crippen LogP contribution >= 0.6 is 0 Å². The molecule has 0 aromatic carbocycles. The predicted octanol–water partition coefficient (Wildman–Crippen LogP) is 0.638. The number of hydrogen-bond donors (Lipinski definition) is 2. The lowest BCUT2D eigenvalue weighted by Crippen LogP contribution is -2.30. The zero-order chi connectivity index (χ0) is 12.7. The minimum Gasteiger partial charge on any atom is -0.383 e. The summed E-state index contributed by atoms with van der Waals surface area (Å²) in [4.78, 5) is 11.5. The first kappa shape index (κ1) is 13.7. The molecular weight excluding hydrogens is 220 g/mol. The molecule has 1 heterocycles. The fraction of sp³-hybridized carbons (Fsp3) is 0.636. The van der Waals surface area contributed by atoms with Crippen molar-refractivity contribution in [3.63, 3.8) is 0 Å². The van der Waals surface area contributed by atoms with Gasteiger partial charge in [0.05, 0.1) is 25.0 Å². The van der Waals surface area contributed by atoms with Crippen LogP contribution in [-0.4, -0.2) is 42.5 Å². The number of methoxy groups -OCH3 is 1. The predicted molar refractivity (Wildman–Crippen MR) is 66.0 cm³/mol. The van der Waals surface area contributed by atoms with Gasteiger partial charge < -0.3 is 15.4 Å². The molecule has 0 saturated heterocycles. The summed E-state index contributed by atoms with van der Waals surface area (Å²) in [5, 5.41) is 9.88. The van der Waals surface area contributed by atoms with Crippen molar-refractivity contribution in [2.24, 2.45) is 0 Å². The van der Waals surface area contributed by atoms with E-state index in [1.54, 1.807) is 18.0 Å². The molecule has 6 nitrogen and oxygen atoms in total. The fourth-order valence-electron chi connectivity index (χ4n) is 1.27. The maximum Gasteiger partial charge on any atom is 0.238 e. The highest BCUT2D eigenvalue weighted by Crippen LogP contribution is 2.09. The van der Waals surface area contributed by atoms with Gasteiger partial charge in [0, 0.05) is 25.9 Å². The van der Waals surface area contributed by atoms with Crippen molar-refractivity contribution in [3.05, 3.63) is 12.4 Å². The van der Waals surface area contributed by atoms with E-state index in [2.05, 4.69) is 15.7 Å². The smallest absolute Gasteiger partial charge is 0.238 e. The lowest BCUT2D eigenvalue weighted by atomic mass is 10.4. The van der Waals surface area contributed by atoms with Crippen molar-refractivity contribution >= 4 is 11.6 Å². The van der Waals surface area contributed by atoms with Crippen LogP contribution in [0.4, 0.5) is 5.69 Å². The first-order valence-corrected chi connectivity index (χ1v) is 5.67. The molecule has 0 radical (unpaired) electrons. The Morgan fingerprint density at radius 1 is 1.59 bits per heavy atom. The molecule has 0 aliphatic rings. The Hall–Kier alpha value is -1.40. The number of aromatic nitrogens is 2. The molecule has 1 amide bonds. The van der Waals surface area contributed by atoms with Gasteiger partial charge in [-0.05, 0) is 13.8 Å². The van der Waals surface area contributed by atoms with E-state index in [9.17, 15) is 4.79 Å². The zero-order valence-electron chi connectivity index (χ0n) is 10.6. The molecule has 0 bridgehead atoms. The van der Waals surface area contributed by atoms with Gasteiger partial charge in [0.1, 0.15) is 0 Å². The summed E-state index contributed by atoms with van der Waals surface area (Å²) >= 11 is 0. The standard InChI is InChI=1S/C11H20N4O2/c1-9(2)15-8-10(6-13-15)14-11(16)7-12-4-5-17-3/h6,8-9,12H,4-5,7H2,1-3H3,(H,14,16). The van der Waals surface area contributed by atoms with E-state index in [0.717, 1.165) is 5.69 Å². The van der Waals surface area contributed by atoms with Crippen LogP contribution in [-0.2, 0) is 9.53 Å². The van der Waals surface area contributed by atoms with Crippen molar-refractivity contribution in [1.29, 1.82) is 0 Å². The molecule has 96 valence electrons. The zero-order valence-corrected chi connectivity index (χ0v) is 10.6. The monoisotopic (exact) mass is 240 g/mol. The van der Waals surface area contributed by atoms with Gasteiger partial charge in [-0.25, -0.2) is 0 Å². The molecule has 0 aliphatic heterocycles. The lowest BCUT2D eigenvalue weighted by Gasteiger charge is -2.05. The van der Waals surface area contributed by atoms with Crippen LogP contribution in [0.5, 0.6) is 0 Å². The molecule has 6 heteroatoms. The van der Waals surface area contributed by atoms with Crippen LogP contribution < -0.4 is 10.6 Å². The second kappa shape index (κ2) is 7.03. The van der Waals surface area contributed by atoms with Crippen LogP contribution in [0.2, 0.25) is 0 Å². The fourth-order valence-corrected chi connectivity index (χ4v) is 1.27. The molecule has 17 heavy (non-hydrogen) atoms.